The number of hydrogen-bond donors (Lipinski definition) is 0. The average Bonchev–Trinajstić information content (AvgIpc) is 2.80. The zero-order valence-corrected chi connectivity index (χ0v) is 18.6. The first-order chi connectivity index (χ1) is 15.5. The van der Waals surface area contributed by atoms with E-state index < -0.39 is 23.8 Å². The fourth-order valence-electron chi connectivity index (χ4n) is 3.36. The number of carbonyl (C=O) groups is 3. The third-order valence-corrected chi connectivity index (χ3v) is 5.23. The zero-order chi connectivity index (χ0) is 23.5. The number of rotatable bonds is 11. The van der Waals surface area contributed by atoms with Crippen LogP contribution in [0.15, 0.2) is 28.4 Å². The molecule has 1 aromatic carbocycles. The van der Waals surface area contributed by atoms with Crippen LogP contribution in [0.3, 0.4) is 0 Å². The molecule has 0 bridgehead atoms. The van der Waals surface area contributed by atoms with Crippen LogP contribution in [0.5, 0.6) is 0 Å². The van der Waals surface area contributed by atoms with E-state index in [4.69, 9.17) is 5.26 Å². The topological polar surface area (TPSA) is 130 Å². The van der Waals surface area contributed by atoms with Gasteiger partial charge in [0.2, 0.25) is 11.8 Å². The molecule has 1 aromatic rings. The number of imide groups is 2. The molecule has 0 aromatic heterocycles. The van der Waals surface area contributed by atoms with Crippen molar-refractivity contribution in [3.63, 3.8) is 0 Å². The minimum absolute atomic E-state index is 0.172. The van der Waals surface area contributed by atoms with Crippen molar-refractivity contribution in [2.24, 2.45) is 16.1 Å². The summed E-state index contributed by atoms with van der Waals surface area (Å²) in [5, 5.41) is 26.2. The maximum absolute atomic E-state index is 12.8. The molecule has 1 aliphatic heterocycles. The molecule has 0 aliphatic carbocycles. The van der Waals surface area contributed by atoms with E-state index in [9.17, 15) is 19.6 Å². The summed E-state index contributed by atoms with van der Waals surface area (Å²) >= 11 is 0. The van der Waals surface area contributed by atoms with Crippen LogP contribution in [0.1, 0.15) is 57.1 Å². The predicted octanol–water partition coefficient (Wildman–Crippen LogP) is 4.11. The van der Waals surface area contributed by atoms with Crippen molar-refractivity contribution >= 4 is 23.5 Å². The highest BCUT2D eigenvalue weighted by Gasteiger charge is 2.45. The van der Waals surface area contributed by atoms with Gasteiger partial charge in [-0.15, -0.1) is 0 Å². The molecule has 2 rings (SSSR count). The lowest BCUT2D eigenvalue weighted by molar-refractivity contribution is -0.148. The number of hydrogen-bond acceptors (Lipinski definition) is 7. The first-order valence-electron chi connectivity index (χ1n) is 10.9. The van der Waals surface area contributed by atoms with Crippen molar-refractivity contribution < 1.29 is 14.4 Å². The zero-order valence-electron chi connectivity index (χ0n) is 18.6. The standard InChI is InChI=1S/C23H28N6O3/c1-3-5-12-28-21(30)20(22(31)29(23(28)32)13-6-4-2)16-26-27-19-10-9-17(8-7-11-24)18(14-19)15-25/h9-10,14,20H,3-8,12-13,16H2,1-2H3. The Hall–Kier alpha value is -3.59. The van der Waals surface area contributed by atoms with Crippen molar-refractivity contribution in [1.82, 2.24) is 9.80 Å². The number of benzene rings is 1. The Labute approximate surface area is 188 Å². The highest BCUT2D eigenvalue weighted by atomic mass is 16.2. The number of barbiturate groups is 1. The second-order valence-electron chi connectivity index (χ2n) is 7.56. The fraction of sp³-hybridized carbons (Fsp3) is 0.522. The van der Waals surface area contributed by atoms with Gasteiger partial charge in [-0.05, 0) is 37.0 Å². The number of azo groups is 1. The summed E-state index contributed by atoms with van der Waals surface area (Å²) in [6, 6.07) is 8.53. The van der Waals surface area contributed by atoms with E-state index >= 15 is 0 Å². The molecule has 0 N–H and O–H groups in total. The largest absolute Gasteiger partial charge is 0.333 e. The van der Waals surface area contributed by atoms with Gasteiger partial charge in [-0.3, -0.25) is 19.4 Å². The summed E-state index contributed by atoms with van der Waals surface area (Å²) < 4.78 is 0. The lowest BCUT2D eigenvalue weighted by Crippen LogP contribution is -2.60. The van der Waals surface area contributed by atoms with E-state index in [1.807, 2.05) is 19.9 Å². The van der Waals surface area contributed by atoms with Crippen molar-refractivity contribution in [1.29, 1.82) is 10.5 Å². The number of nitriles is 2. The Morgan fingerprint density at radius 1 is 1.00 bits per heavy atom. The van der Waals surface area contributed by atoms with Crippen LogP contribution in [-0.2, 0) is 16.0 Å². The summed E-state index contributed by atoms with van der Waals surface area (Å²) in [5.41, 5.74) is 1.57. The van der Waals surface area contributed by atoms with E-state index in [0.29, 0.717) is 36.9 Å². The van der Waals surface area contributed by atoms with Crippen LogP contribution in [-0.4, -0.2) is 47.3 Å². The highest BCUT2D eigenvalue weighted by Crippen LogP contribution is 2.22. The Morgan fingerprint density at radius 2 is 1.62 bits per heavy atom. The number of unbranched alkanes of at least 4 members (excludes halogenated alkanes) is 2. The molecule has 168 valence electrons. The van der Waals surface area contributed by atoms with Crippen LogP contribution < -0.4 is 0 Å². The number of carbonyl (C=O) groups excluding carboxylic acids is 3. The SMILES string of the molecule is CCCCN1C(=O)C(CN=Nc2ccc(CCC#N)c(C#N)c2)C(=O)N(CCCC)C1=O. The van der Waals surface area contributed by atoms with Gasteiger partial charge >= 0.3 is 6.03 Å². The number of amides is 4. The van der Waals surface area contributed by atoms with Gasteiger partial charge in [0, 0.05) is 19.5 Å². The van der Waals surface area contributed by atoms with E-state index in [0.717, 1.165) is 28.2 Å². The van der Waals surface area contributed by atoms with E-state index in [-0.39, 0.29) is 19.6 Å². The summed E-state index contributed by atoms with van der Waals surface area (Å²) in [7, 11) is 0. The number of aryl methyl sites for hydroxylation is 1. The molecule has 0 spiro atoms. The average molecular weight is 437 g/mol. The van der Waals surface area contributed by atoms with Crippen LogP contribution >= 0.6 is 0 Å². The summed E-state index contributed by atoms with van der Waals surface area (Å²) in [4.78, 5) is 40.7. The molecular formula is C23H28N6O3. The first kappa shape index (κ1) is 24.7. The van der Waals surface area contributed by atoms with Crippen molar-refractivity contribution in [2.45, 2.75) is 52.4 Å². The molecule has 1 saturated heterocycles. The van der Waals surface area contributed by atoms with Gasteiger partial charge < -0.3 is 0 Å². The molecule has 9 nitrogen and oxygen atoms in total. The van der Waals surface area contributed by atoms with E-state index in [1.165, 1.54) is 0 Å². The molecule has 0 unspecified atom stereocenters. The Kier molecular flexibility index (Phi) is 9.49. The third-order valence-electron chi connectivity index (χ3n) is 5.23. The second-order valence-corrected chi connectivity index (χ2v) is 7.56. The van der Waals surface area contributed by atoms with Gasteiger partial charge in [-0.1, -0.05) is 32.8 Å². The predicted molar refractivity (Wildman–Crippen MR) is 117 cm³/mol. The van der Waals surface area contributed by atoms with Gasteiger partial charge in [0.15, 0.2) is 0 Å². The van der Waals surface area contributed by atoms with Gasteiger partial charge in [0.05, 0.1) is 29.9 Å². The molecular weight excluding hydrogens is 408 g/mol. The summed E-state index contributed by atoms with van der Waals surface area (Å²) in [6.45, 7) is 4.30. The number of nitrogens with zero attached hydrogens (tertiary/aromatic N) is 6. The minimum atomic E-state index is -1.09. The van der Waals surface area contributed by atoms with Gasteiger partial charge in [-0.2, -0.15) is 20.8 Å². The van der Waals surface area contributed by atoms with Crippen LogP contribution in [0, 0.1) is 28.6 Å². The van der Waals surface area contributed by atoms with Crippen LogP contribution in [0.2, 0.25) is 0 Å². The lowest BCUT2D eigenvalue weighted by atomic mass is 10.0. The summed E-state index contributed by atoms with van der Waals surface area (Å²) in [6.07, 6.45) is 3.74. The maximum atomic E-state index is 12.8. The maximum Gasteiger partial charge on any atom is 0.333 e. The molecule has 0 saturated carbocycles. The molecule has 1 fully saturated rings. The highest BCUT2D eigenvalue weighted by molar-refractivity contribution is 6.16. The molecule has 1 heterocycles. The lowest BCUT2D eigenvalue weighted by Gasteiger charge is -2.36. The van der Waals surface area contributed by atoms with E-state index in [1.54, 1.807) is 18.2 Å². The number of urea groups is 1. The van der Waals surface area contributed by atoms with E-state index in [2.05, 4.69) is 16.3 Å². The molecule has 0 radical (unpaired) electrons. The Balaban J connectivity index is 2.18. The fourth-order valence-corrected chi connectivity index (χ4v) is 3.36. The Morgan fingerprint density at radius 3 is 2.16 bits per heavy atom. The molecule has 0 atom stereocenters. The normalized spacial score (nSPS) is 14.8. The monoisotopic (exact) mass is 436 g/mol. The van der Waals surface area contributed by atoms with Crippen LogP contribution in [0.25, 0.3) is 0 Å². The van der Waals surface area contributed by atoms with Crippen molar-refractivity contribution in [2.75, 3.05) is 19.6 Å². The van der Waals surface area contributed by atoms with Crippen LogP contribution in [0.4, 0.5) is 10.5 Å². The molecule has 32 heavy (non-hydrogen) atoms. The summed E-state index contributed by atoms with van der Waals surface area (Å²) in [5.74, 6) is -2.16. The smallest absolute Gasteiger partial charge is 0.273 e. The third kappa shape index (κ3) is 5.98. The second kappa shape index (κ2) is 12.3. The molecule has 4 amide bonds. The first-order valence-corrected chi connectivity index (χ1v) is 10.9. The molecule has 9 heteroatoms. The van der Waals surface area contributed by atoms with Gasteiger partial charge in [0.1, 0.15) is 5.92 Å². The minimum Gasteiger partial charge on any atom is -0.273 e. The quantitative estimate of drug-likeness (QED) is 0.381. The molecule has 1 aliphatic rings. The van der Waals surface area contributed by atoms with Crippen molar-refractivity contribution in [3.8, 4) is 12.1 Å². The van der Waals surface area contributed by atoms with Crippen molar-refractivity contribution in [3.05, 3.63) is 29.3 Å². The Bertz CT molecular complexity index is 929. The van der Waals surface area contributed by atoms with Gasteiger partial charge in [0.25, 0.3) is 0 Å². The van der Waals surface area contributed by atoms with Gasteiger partial charge in [-0.25, -0.2) is 4.79 Å².